The van der Waals surface area contributed by atoms with E-state index in [0.29, 0.717) is 21.4 Å². The lowest BCUT2D eigenvalue weighted by Crippen LogP contribution is -2.20. The fourth-order valence-electron chi connectivity index (χ4n) is 2.46. The number of rotatable bonds is 4. The van der Waals surface area contributed by atoms with E-state index in [1.54, 1.807) is 0 Å². The molecule has 0 unspecified atom stereocenters. The highest BCUT2D eigenvalue weighted by Crippen LogP contribution is 2.38. The average molecular weight is 482 g/mol. The first kappa shape index (κ1) is 21.0. The van der Waals surface area contributed by atoms with E-state index >= 15 is 0 Å². The van der Waals surface area contributed by atoms with Crippen molar-refractivity contribution in [1.29, 1.82) is 0 Å². The summed E-state index contributed by atoms with van der Waals surface area (Å²) < 4.78 is 25.1. The molecule has 0 aromatic heterocycles. The third kappa shape index (κ3) is 4.82. The third-order valence-corrected chi connectivity index (χ3v) is 5.25. The van der Waals surface area contributed by atoms with E-state index in [1.807, 2.05) is 0 Å². The third-order valence-electron chi connectivity index (χ3n) is 3.52. The molecular formula is C16H12Cl4N4O3S. The monoisotopic (exact) mass is 480 g/mol. The molecule has 1 aliphatic heterocycles. The smallest absolute Gasteiger partial charge is 0.255 e. The molecule has 0 bridgehead atoms. The highest BCUT2D eigenvalue weighted by Gasteiger charge is 2.29. The summed E-state index contributed by atoms with van der Waals surface area (Å²) in [6, 6.07) is 7.42. The van der Waals surface area contributed by atoms with Crippen molar-refractivity contribution in [2.45, 2.75) is 6.42 Å². The molecule has 1 heterocycles. The van der Waals surface area contributed by atoms with Gasteiger partial charge < -0.3 is 5.32 Å². The van der Waals surface area contributed by atoms with Crippen molar-refractivity contribution in [1.82, 2.24) is 0 Å². The molecule has 1 aliphatic rings. The van der Waals surface area contributed by atoms with E-state index in [4.69, 9.17) is 46.4 Å². The van der Waals surface area contributed by atoms with Crippen LogP contribution < -0.4 is 15.0 Å². The Morgan fingerprint density at radius 3 is 2.29 bits per heavy atom. The van der Waals surface area contributed by atoms with Gasteiger partial charge in [-0.3, -0.25) is 9.52 Å². The number of nitrogens with zero attached hydrogens (tertiary/aromatic N) is 2. The van der Waals surface area contributed by atoms with Gasteiger partial charge in [-0.05, 0) is 30.3 Å². The molecule has 3 rings (SSSR count). The largest absolute Gasteiger partial charge is 0.341 e. The van der Waals surface area contributed by atoms with Crippen molar-refractivity contribution in [2.24, 2.45) is 5.10 Å². The average Bonchev–Trinajstić information content (AvgIpc) is 2.88. The van der Waals surface area contributed by atoms with Crippen LogP contribution in [0.2, 0.25) is 20.1 Å². The van der Waals surface area contributed by atoms with Gasteiger partial charge >= 0.3 is 0 Å². The number of anilines is 3. The number of halogens is 4. The maximum absolute atomic E-state index is 12.4. The zero-order chi connectivity index (χ0) is 20.6. The minimum atomic E-state index is -3.45. The predicted octanol–water partition coefficient (Wildman–Crippen LogP) is 4.83. The van der Waals surface area contributed by atoms with E-state index in [-0.39, 0.29) is 33.9 Å². The molecular weight excluding hydrogens is 470 g/mol. The van der Waals surface area contributed by atoms with E-state index in [1.165, 1.54) is 30.3 Å². The standard InChI is InChI=1S/C16H12Cl4N4O3S/c1-28(26,27)23-9-2-3-10(18)13(6-9)21-14-7-15(25)24(22-14)16-11(19)4-8(17)5-12(16)20/h2-6,23H,7H2,1H3,(H,21,22). The highest BCUT2D eigenvalue weighted by molar-refractivity contribution is 7.92. The van der Waals surface area contributed by atoms with Crippen LogP contribution in [0.3, 0.4) is 0 Å². The van der Waals surface area contributed by atoms with Crippen LogP contribution in [0.1, 0.15) is 6.42 Å². The SMILES string of the molecule is CS(=O)(=O)Nc1ccc(Cl)c(NC2=NN(c3c(Cl)cc(Cl)cc3Cl)C(=O)C2)c1. The van der Waals surface area contributed by atoms with Crippen LogP contribution >= 0.6 is 46.4 Å². The second-order valence-corrected chi connectivity index (χ2v) is 9.25. The Bertz CT molecular complexity index is 1080. The Hall–Kier alpha value is -1.71. The summed E-state index contributed by atoms with van der Waals surface area (Å²) in [5.74, 6) is -0.0827. The summed E-state index contributed by atoms with van der Waals surface area (Å²) in [6.45, 7) is 0. The van der Waals surface area contributed by atoms with Crippen molar-refractivity contribution in [3.8, 4) is 0 Å². The molecule has 0 spiro atoms. The number of amidine groups is 1. The Balaban J connectivity index is 1.90. The Labute approximate surface area is 181 Å². The van der Waals surface area contributed by atoms with Crippen molar-refractivity contribution in [3.63, 3.8) is 0 Å². The molecule has 2 N–H and O–H groups in total. The van der Waals surface area contributed by atoms with Gasteiger partial charge in [-0.25, -0.2) is 8.42 Å². The van der Waals surface area contributed by atoms with E-state index in [0.717, 1.165) is 11.3 Å². The van der Waals surface area contributed by atoms with E-state index < -0.39 is 10.0 Å². The quantitative estimate of drug-likeness (QED) is 0.653. The number of amides is 1. The molecule has 28 heavy (non-hydrogen) atoms. The van der Waals surface area contributed by atoms with Crippen LogP contribution in [-0.2, 0) is 14.8 Å². The number of hydrazone groups is 1. The Kier molecular flexibility index (Phi) is 5.97. The summed E-state index contributed by atoms with van der Waals surface area (Å²) in [5.41, 5.74) is 0.894. The number of carbonyl (C=O) groups is 1. The zero-order valence-corrected chi connectivity index (χ0v) is 18.0. The molecule has 0 saturated carbocycles. The van der Waals surface area contributed by atoms with Gasteiger partial charge in [-0.1, -0.05) is 46.4 Å². The fraction of sp³-hybridized carbons (Fsp3) is 0.125. The van der Waals surface area contributed by atoms with Crippen LogP contribution in [0.4, 0.5) is 17.1 Å². The van der Waals surface area contributed by atoms with Gasteiger partial charge in [0.2, 0.25) is 10.0 Å². The Morgan fingerprint density at radius 2 is 1.68 bits per heavy atom. The number of sulfonamides is 1. The number of nitrogens with one attached hydrogen (secondary N) is 2. The van der Waals surface area contributed by atoms with Crippen LogP contribution in [0.15, 0.2) is 35.4 Å². The number of hydrogen-bond donors (Lipinski definition) is 2. The minimum absolute atomic E-state index is 0.0602. The molecule has 0 fully saturated rings. The van der Waals surface area contributed by atoms with Gasteiger partial charge in [0.05, 0.1) is 39.1 Å². The lowest BCUT2D eigenvalue weighted by molar-refractivity contribution is -0.116. The Morgan fingerprint density at radius 1 is 1.04 bits per heavy atom. The van der Waals surface area contributed by atoms with Crippen LogP contribution in [-0.4, -0.2) is 26.4 Å². The first-order valence-corrected chi connectivity index (χ1v) is 11.0. The van der Waals surface area contributed by atoms with Crippen molar-refractivity contribution in [2.75, 3.05) is 21.3 Å². The lowest BCUT2D eigenvalue weighted by atomic mass is 10.2. The summed E-state index contributed by atoms with van der Waals surface area (Å²) >= 11 is 24.4. The van der Waals surface area contributed by atoms with Gasteiger partial charge in [0.15, 0.2) is 0 Å². The summed E-state index contributed by atoms with van der Waals surface area (Å²) in [5, 5.41) is 9.21. The van der Waals surface area contributed by atoms with Crippen LogP contribution in [0.5, 0.6) is 0 Å². The number of carbonyl (C=O) groups excluding carboxylic acids is 1. The van der Waals surface area contributed by atoms with Crippen LogP contribution in [0, 0.1) is 0 Å². The molecule has 0 saturated heterocycles. The van der Waals surface area contributed by atoms with Crippen molar-refractivity contribution in [3.05, 3.63) is 50.4 Å². The van der Waals surface area contributed by atoms with Crippen LogP contribution in [0.25, 0.3) is 0 Å². The molecule has 1 amide bonds. The topological polar surface area (TPSA) is 90.9 Å². The molecule has 7 nitrogen and oxygen atoms in total. The maximum Gasteiger partial charge on any atom is 0.255 e. The summed E-state index contributed by atoms with van der Waals surface area (Å²) in [6.07, 6.45) is 0.973. The molecule has 0 radical (unpaired) electrons. The van der Waals surface area contributed by atoms with Crippen molar-refractivity contribution >= 4 is 85.2 Å². The molecule has 12 heteroatoms. The normalized spacial score (nSPS) is 14.2. The molecule has 2 aromatic rings. The molecule has 0 atom stereocenters. The highest BCUT2D eigenvalue weighted by atomic mass is 35.5. The van der Waals surface area contributed by atoms with Gasteiger partial charge in [0, 0.05) is 5.02 Å². The predicted molar refractivity (Wildman–Crippen MR) is 115 cm³/mol. The molecule has 2 aromatic carbocycles. The van der Waals surface area contributed by atoms with E-state index in [2.05, 4.69) is 15.1 Å². The number of benzene rings is 2. The van der Waals surface area contributed by atoms with E-state index in [9.17, 15) is 13.2 Å². The summed E-state index contributed by atoms with van der Waals surface area (Å²) in [4.78, 5) is 12.4. The first-order valence-electron chi connectivity index (χ1n) is 7.63. The second-order valence-electron chi connectivity index (χ2n) is 5.84. The van der Waals surface area contributed by atoms with Gasteiger partial charge in [-0.2, -0.15) is 10.1 Å². The van der Waals surface area contributed by atoms with Gasteiger partial charge in [0.1, 0.15) is 11.5 Å². The van der Waals surface area contributed by atoms with Crippen molar-refractivity contribution < 1.29 is 13.2 Å². The molecule has 148 valence electrons. The second kappa shape index (κ2) is 7.96. The fourth-order valence-corrected chi connectivity index (χ4v) is 4.16. The minimum Gasteiger partial charge on any atom is -0.341 e. The summed E-state index contributed by atoms with van der Waals surface area (Å²) in [7, 11) is -3.45. The molecule has 0 aliphatic carbocycles. The zero-order valence-electron chi connectivity index (χ0n) is 14.1. The van der Waals surface area contributed by atoms with Gasteiger partial charge in [-0.15, -0.1) is 0 Å². The lowest BCUT2D eigenvalue weighted by Gasteiger charge is -2.15. The maximum atomic E-state index is 12.4. The van der Waals surface area contributed by atoms with Gasteiger partial charge in [0.25, 0.3) is 5.91 Å². The first-order chi connectivity index (χ1) is 13.0. The number of hydrogen-bond acceptors (Lipinski definition) is 5.